The van der Waals surface area contributed by atoms with Gasteiger partial charge in [0.15, 0.2) is 22.3 Å². The number of rotatable bonds is 6. The van der Waals surface area contributed by atoms with Crippen LogP contribution in [0.3, 0.4) is 0 Å². The third-order valence-electron chi connectivity index (χ3n) is 6.58. The fourth-order valence-electron chi connectivity index (χ4n) is 4.57. The summed E-state index contributed by atoms with van der Waals surface area (Å²) in [4.78, 5) is 14.6. The van der Waals surface area contributed by atoms with Gasteiger partial charge in [-0.05, 0) is 17.7 Å². The van der Waals surface area contributed by atoms with Crippen molar-refractivity contribution in [1.29, 1.82) is 5.26 Å². The zero-order valence-electron chi connectivity index (χ0n) is 20.6. The molecule has 0 radical (unpaired) electrons. The molecule has 0 unspecified atom stereocenters. The Bertz CT molecular complexity index is 1810. The average Bonchev–Trinajstić information content (AvgIpc) is 3.44. The number of aromatic nitrogens is 6. The molecule has 1 aliphatic rings. The number of benzene rings is 1. The fraction of sp³-hybridized carbons (Fsp3) is 0.240. The molecule has 204 valence electrons. The van der Waals surface area contributed by atoms with Crippen LogP contribution in [0.15, 0.2) is 43.0 Å². The van der Waals surface area contributed by atoms with Crippen molar-refractivity contribution in [2.24, 2.45) is 13.0 Å². The fourth-order valence-corrected chi connectivity index (χ4v) is 5.11. The van der Waals surface area contributed by atoms with Gasteiger partial charge in [-0.3, -0.25) is 4.90 Å². The second-order valence-electron chi connectivity index (χ2n) is 9.24. The lowest BCUT2D eigenvalue weighted by molar-refractivity contribution is -0.138. The molecule has 0 atom stereocenters. The number of nitriles is 1. The van der Waals surface area contributed by atoms with Crippen molar-refractivity contribution in [3.8, 4) is 17.6 Å². The molecule has 5 aromatic rings. The Kier molecular flexibility index (Phi) is 6.41. The van der Waals surface area contributed by atoms with Crippen LogP contribution in [0.5, 0.6) is 11.5 Å². The van der Waals surface area contributed by atoms with Crippen LogP contribution in [-0.4, -0.2) is 47.1 Å². The number of halogens is 5. The number of ether oxygens (including phenoxy) is 1. The number of nitrogens with one attached hydrogen (secondary N) is 1. The molecular weight excluding hydrogens is 570 g/mol. The van der Waals surface area contributed by atoms with Gasteiger partial charge in [0.05, 0.1) is 29.9 Å². The zero-order chi connectivity index (χ0) is 28.2. The number of hydrogen-bond donors (Lipinski definition) is 1. The largest absolute Gasteiger partial charge is 0.450 e. The Morgan fingerprint density at radius 3 is 2.70 bits per heavy atom. The van der Waals surface area contributed by atoms with Gasteiger partial charge in [0.2, 0.25) is 5.95 Å². The van der Waals surface area contributed by atoms with Crippen molar-refractivity contribution in [2.45, 2.75) is 12.7 Å². The molecule has 4 aromatic heterocycles. The van der Waals surface area contributed by atoms with Gasteiger partial charge < -0.3 is 14.6 Å². The first-order chi connectivity index (χ1) is 19.1. The summed E-state index contributed by atoms with van der Waals surface area (Å²) in [5.74, 6) is 0.591. The number of fused-ring (bicyclic) bond motifs is 2. The van der Waals surface area contributed by atoms with Crippen LogP contribution in [0.4, 0.5) is 24.8 Å². The van der Waals surface area contributed by atoms with Gasteiger partial charge in [-0.1, -0.05) is 29.3 Å². The quantitative estimate of drug-likeness (QED) is 0.264. The van der Waals surface area contributed by atoms with E-state index in [2.05, 4.69) is 31.4 Å². The second-order valence-corrected chi connectivity index (χ2v) is 9.98. The standard InChI is InChI=1S/C25H18Cl2F3N9O/c1-37-21-19(26)17(40-18-9-34-39-5-4-32-22(27)20(18)39)8-33-23(21)36-24(37)35-15-3-2-14(16(6-15)25(28,29)30)12-38-10-13(7-31)11-38/h2-6,8-9,13H,10-12H2,1H3,(H,33,35,36). The average molecular weight is 588 g/mol. The maximum atomic E-state index is 13.9. The van der Waals surface area contributed by atoms with Gasteiger partial charge in [0, 0.05) is 44.8 Å². The molecule has 1 saturated heterocycles. The van der Waals surface area contributed by atoms with E-state index in [-0.39, 0.29) is 51.2 Å². The highest BCUT2D eigenvalue weighted by Gasteiger charge is 2.35. The van der Waals surface area contributed by atoms with Gasteiger partial charge in [-0.25, -0.2) is 14.5 Å². The van der Waals surface area contributed by atoms with Gasteiger partial charge in [-0.2, -0.15) is 28.5 Å². The molecule has 0 spiro atoms. The number of likely N-dealkylation sites (tertiary alicyclic amines) is 1. The Hall–Kier alpha value is -4.12. The first kappa shape index (κ1) is 26.1. The summed E-state index contributed by atoms with van der Waals surface area (Å²) < 4.78 is 50.8. The van der Waals surface area contributed by atoms with Crippen LogP contribution in [-0.2, 0) is 19.8 Å². The molecule has 10 nitrogen and oxygen atoms in total. The van der Waals surface area contributed by atoms with Gasteiger partial charge in [-0.15, -0.1) is 0 Å². The molecule has 6 rings (SSSR count). The summed E-state index contributed by atoms with van der Waals surface area (Å²) >= 11 is 12.9. The van der Waals surface area contributed by atoms with Crippen molar-refractivity contribution in [3.05, 3.63) is 64.3 Å². The normalized spacial score (nSPS) is 14.4. The maximum absolute atomic E-state index is 13.9. The lowest BCUT2D eigenvalue weighted by Crippen LogP contribution is -2.45. The van der Waals surface area contributed by atoms with Crippen LogP contribution >= 0.6 is 23.2 Å². The van der Waals surface area contributed by atoms with E-state index in [0.29, 0.717) is 29.9 Å². The molecule has 0 saturated carbocycles. The van der Waals surface area contributed by atoms with E-state index in [1.165, 1.54) is 29.2 Å². The van der Waals surface area contributed by atoms with E-state index in [9.17, 15) is 13.2 Å². The summed E-state index contributed by atoms with van der Waals surface area (Å²) in [6.07, 6.45) is 1.40. The number of imidazole rings is 1. The van der Waals surface area contributed by atoms with Crippen molar-refractivity contribution in [2.75, 3.05) is 18.4 Å². The minimum absolute atomic E-state index is 0.107. The first-order valence-electron chi connectivity index (χ1n) is 11.9. The molecule has 15 heteroatoms. The summed E-state index contributed by atoms with van der Waals surface area (Å²) in [6.45, 7) is 1.01. The van der Waals surface area contributed by atoms with E-state index in [1.54, 1.807) is 23.9 Å². The number of nitrogens with zero attached hydrogens (tertiary/aromatic N) is 8. The molecule has 0 amide bonds. The second kappa shape index (κ2) is 9.81. The number of alkyl halides is 3. The van der Waals surface area contributed by atoms with Crippen LogP contribution < -0.4 is 10.1 Å². The topological polar surface area (TPSA) is 109 Å². The zero-order valence-corrected chi connectivity index (χ0v) is 22.1. The van der Waals surface area contributed by atoms with E-state index in [0.717, 1.165) is 6.07 Å². The Labute approximate surface area is 234 Å². The molecule has 5 heterocycles. The van der Waals surface area contributed by atoms with E-state index < -0.39 is 11.7 Å². The van der Waals surface area contributed by atoms with E-state index in [4.69, 9.17) is 33.2 Å². The lowest BCUT2D eigenvalue weighted by atomic mass is 9.99. The number of pyridine rings is 1. The SMILES string of the molecule is Cn1c(Nc2ccc(CN3CC(C#N)C3)c(C(F)(F)F)c2)nc2ncc(Oc3cnn4ccnc(Cl)c34)c(Cl)c21. The van der Waals surface area contributed by atoms with Crippen LogP contribution in [0.2, 0.25) is 10.2 Å². The summed E-state index contributed by atoms with van der Waals surface area (Å²) in [5, 5.41) is 16.4. The van der Waals surface area contributed by atoms with E-state index in [1.807, 2.05) is 4.90 Å². The van der Waals surface area contributed by atoms with Crippen molar-refractivity contribution in [1.82, 2.24) is 34.0 Å². The van der Waals surface area contributed by atoms with Gasteiger partial charge >= 0.3 is 6.18 Å². The highest BCUT2D eigenvalue weighted by atomic mass is 35.5. The molecule has 1 aromatic carbocycles. The molecule has 0 aliphatic carbocycles. The summed E-state index contributed by atoms with van der Waals surface area (Å²) in [5.41, 5.74) is 0.669. The Balaban J connectivity index is 1.29. The number of hydrogen-bond acceptors (Lipinski definition) is 8. The van der Waals surface area contributed by atoms with Gasteiger partial charge in [0.25, 0.3) is 0 Å². The summed E-state index contributed by atoms with van der Waals surface area (Å²) in [6, 6.07) is 6.15. The van der Waals surface area contributed by atoms with Crippen LogP contribution in [0.1, 0.15) is 11.1 Å². The first-order valence-corrected chi connectivity index (χ1v) is 12.6. The molecule has 0 bridgehead atoms. The van der Waals surface area contributed by atoms with E-state index >= 15 is 0 Å². The number of aryl methyl sites for hydroxylation is 1. The highest BCUT2D eigenvalue weighted by Crippen LogP contribution is 2.39. The minimum atomic E-state index is -4.56. The summed E-state index contributed by atoms with van der Waals surface area (Å²) in [7, 11) is 1.65. The number of anilines is 2. The van der Waals surface area contributed by atoms with Crippen molar-refractivity contribution >= 4 is 51.5 Å². The Morgan fingerprint density at radius 2 is 1.95 bits per heavy atom. The predicted molar refractivity (Wildman–Crippen MR) is 141 cm³/mol. The third kappa shape index (κ3) is 4.64. The molecule has 1 N–H and O–H groups in total. The van der Waals surface area contributed by atoms with Crippen LogP contribution in [0.25, 0.3) is 16.7 Å². The smallest absolute Gasteiger partial charge is 0.416 e. The highest BCUT2D eigenvalue weighted by molar-refractivity contribution is 6.36. The molecule has 1 aliphatic heterocycles. The maximum Gasteiger partial charge on any atom is 0.416 e. The molecule has 1 fully saturated rings. The predicted octanol–water partition coefficient (Wildman–Crippen LogP) is 5.83. The van der Waals surface area contributed by atoms with Crippen molar-refractivity contribution in [3.63, 3.8) is 0 Å². The Morgan fingerprint density at radius 1 is 1.15 bits per heavy atom. The third-order valence-corrected chi connectivity index (χ3v) is 7.22. The molecular formula is C25H18Cl2F3N9O. The lowest BCUT2D eigenvalue weighted by Gasteiger charge is -2.35. The van der Waals surface area contributed by atoms with Crippen molar-refractivity contribution < 1.29 is 17.9 Å². The minimum Gasteiger partial charge on any atom is -0.450 e. The van der Waals surface area contributed by atoms with Crippen LogP contribution in [0, 0.1) is 17.2 Å². The van der Waals surface area contributed by atoms with Gasteiger partial charge in [0.1, 0.15) is 16.1 Å². The monoisotopic (exact) mass is 587 g/mol. The molecule has 40 heavy (non-hydrogen) atoms.